The summed E-state index contributed by atoms with van der Waals surface area (Å²) < 4.78 is 26.5. The average molecular weight is 393 g/mol. The number of benzene rings is 2. The van der Waals surface area contributed by atoms with Crippen LogP contribution in [0.15, 0.2) is 64.4 Å². The molecule has 2 rings (SSSR count). The van der Waals surface area contributed by atoms with E-state index in [1.54, 1.807) is 36.9 Å². The minimum Gasteiger partial charge on any atom is -0.348 e. The number of amides is 1. The molecule has 0 radical (unpaired) electrons. The van der Waals surface area contributed by atoms with Gasteiger partial charge in [-0.25, -0.2) is 8.42 Å². The lowest BCUT2D eigenvalue weighted by Crippen LogP contribution is -2.41. The molecule has 1 amide bonds. The fourth-order valence-electron chi connectivity index (χ4n) is 2.53. The Balaban J connectivity index is 2.04. The highest BCUT2D eigenvalue weighted by Crippen LogP contribution is 2.19. The summed E-state index contributed by atoms with van der Waals surface area (Å²) in [6.07, 6.45) is 2.01. The number of rotatable bonds is 8. The Morgan fingerprint density at radius 2 is 1.73 bits per heavy atom. The third-order valence-corrected chi connectivity index (χ3v) is 6.73. The fourth-order valence-corrected chi connectivity index (χ4v) is 4.37. The molecule has 26 heavy (non-hydrogen) atoms. The van der Waals surface area contributed by atoms with Gasteiger partial charge in [0.1, 0.15) is 0 Å². The second-order valence-electron chi connectivity index (χ2n) is 5.81. The second kappa shape index (κ2) is 9.21. The van der Waals surface area contributed by atoms with E-state index in [0.717, 1.165) is 10.5 Å². The molecule has 0 aliphatic rings. The maximum Gasteiger partial charge on any atom is 0.243 e. The van der Waals surface area contributed by atoms with Gasteiger partial charge in [0.15, 0.2) is 0 Å². The number of hydrogen-bond acceptors (Lipinski definition) is 4. The van der Waals surface area contributed by atoms with Crippen molar-refractivity contribution in [1.29, 1.82) is 0 Å². The van der Waals surface area contributed by atoms with Crippen LogP contribution < -0.4 is 5.32 Å². The van der Waals surface area contributed by atoms with E-state index in [4.69, 9.17) is 0 Å². The number of likely N-dealkylation sites (N-methyl/N-ethyl adjacent to an activating group) is 1. The fraction of sp³-hybridized carbons (Fsp3) is 0.316. The van der Waals surface area contributed by atoms with E-state index in [2.05, 4.69) is 5.32 Å². The molecule has 2 aromatic carbocycles. The highest BCUT2D eigenvalue weighted by atomic mass is 32.2. The van der Waals surface area contributed by atoms with Gasteiger partial charge in [-0.2, -0.15) is 4.31 Å². The smallest absolute Gasteiger partial charge is 0.243 e. The number of sulfonamides is 1. The van der Waals surface area contributed by atoms with Crippen LogP contribution in [0, 0.1) is 0 Å². The van der Waals surface area contributed by atoms with E-state index < -0.39 is 10.0 Å². The van der Waals surface area contributed by atoms with E-state index in [-0.39, 0.29) is 29.9 Å². The Hall–Kier alpha value is -1.83. The molecule has 7 heteroatoms. The number of hydrogen-bond donors (Lipinski definition) is 1. The van der Waals surface area contributed by atoms with Crippen LogP contribution in [0.1, 0.15) is 25.5 Å². The Bertz CT molecular complexity index is 822. The quantitative estimate of drug-likeness (QED) is 0.700. The zero-order valence-electron chi connectivity index (χ0n) is 15.2. The molecule has 0 aliphatic heterocycles. The summed E-state index contributed by atoms with van der Waals surface area (Å²) in [7, 11) is -3.69. The van der Waals surface area contributed by atoms with E-state index >= 15 is 0 Å². The van der Waals surface area contributed by atoms with Crippen molar-refractivity contribution in [2.24, 2.45) is 0 Å². The molecule has 0 unspecified atom stereocenters. The summed E-state index contributed by atoms with van der Waals surface area (Å²) in [5.74, 6) is -0.326. The van der Waals surface area contributed by atoms with Gasteiger partial charge in [-0.3, -0.25) is 4.79 Å². The van der Waals surface area contributed by atoms with Crippen molar-refractivity contribution < 1.29 is 13.2 Å². The molecule has 0 saturated heterocycles. The van der Waals surface area contributed by atoms with Crippen molar-refractivity contribution >= 4 is 27.7 Å². The molecule has 0 aliphatic carbocycles. The monoisotopic (exact) mass is 392 g/mol. The van der Waals surface area contributed by atoms with E-state index in [0.29, 0.717) is 0 Å². The summed E-state index contributed by atoms with van der Waals surface area (Å²) in [5, 5.41) is 2.87. The summed E-state index contributed by atoms with van der Waals surface area (Å²) >= 11 is 1.65. The molecule has 0 heterocycles. The molecule has 1 N–H and O–H groups in total. The van der Waals surface area contributed by atoms with Crippen molar-refractivity contribution in [1.82, 2.24) is 9.62 Å². The molecule has 2 aromatic rings. The van der Waals surface area contributed by atoms with Crippen LogP contribution in [0.25, 0.3) is 0 Å². The number of nitrogens with zero attached hydrogens (tertiary/aromatic N) is 1. The normalized spacial score (nSPS) is 12.8. The topological polar surface area (TPSA) is 66.5 Å². The molecular formula is C19H24N2O3S2. The number of nitrogens with one attached hydrogen (secondary N) is 1. The molecule has 1 atom stereocenters. The maximum atomic E-state index is 12.7. The first-order chi connectivity index (χ1) is 12.4. The van der Waals surface area contributed by atoms with Crippen LogP contribution >= 0.6 is 11.8 Å². The molecule has 0 bridgehead atoms. The van der Waals surface area contributed by atoms with E-state index in [1.807, 2.05) is 37.4 Å². The zero-order valence-corrected chi connectivity index (χ0v) is 16.8. The third-order valence-electron chi connectivity index (χ3n) is 4.05. The van der Waals surface area contributed by atoms with Gasteiger partial charge in [-0.1, -0.05) is 37.3 Å². The van der Waals surface area contributed by atoms with Crippen LogP contribution in [0.3, 0.4) is 0 Å². The molecular weight excluding hydrogens is 368 g/mol. The zero-order chi connectivity index (χ0) is 19.2. The van der Waals surface area contributed by atoms with Crippen LogP contribution in [0.2, 0.25) is 0 Å². The standard InChI is InChI=1S/C19H24N2O3S2/c1-4-21(26(23,24)18-8-6-5-7-9-18)14-19(22)20-15(2)16-10-12-17(25-3)13-11-16/h5-13,15H,4,14H2,1-3H3,(H,20,22)/t15-/m1/s1. The van der Waals surface area contributed by atoms with Crippen LogP contribution in [-0.2, 0) is 14.8 Å². The predicted molar refractivity (Wildman–Crippen MR) is 106 cm³/mol. The van der Waals surface area contributed by atoms with Crippen LogP contribution in [-0.4, -0.2) is 38.0 Å². The minimum absolute atomic E-state index is 0.190. The molecule has 0 saturated carbocycles. The van der Waals surface area contributed by atoms with Gasteiger partial charge in [-0.05, 0) is 43.0 Å². The number of thioether (sulfide) groups is 1. The first-order valence-electron chi connectivity index (χ1n) is 8.37. The van der Waals surface area contributed by atoms with Gasteiger partial charge in [0, 0.05) is 11.4 Å². The summed E-state index contributed by atoms with van der Waals surface area (Å²) in [5.41, 5.74) is 0.977. The minimum atomic E-state index is -3.69. The Morgan fingerprint density at radius 3 is 2.27 bits per heavy atom. The first kappa shape index (κ1) is 20.5. The molecule has 0 spiro atoms. The molecule has 0 aromatic heterocycles. The summed E-state index contributed by atoms with van der Waals surface area (Å²) in [6, 6.07) is 15.9. The highest BCUT2D eigenvalue weighted by molar-refractivity contribution is 7.98. The Kier molecular flexibility index (Phi) is 7.25. The largest absolute Gasteiger partial charge is 0.348 e. The lowest BCUT2D eigenvalue weighted by molar-refractivity contribution is -0.121. The van der Waals surface area contributed by atoms with Gasteiger partial charge in [0.2, 0.25) is 15.9 Å². The Morgan fingerprint density at radius 1 is 1.12 bits per heavy atom. The van der Waals surface area contributed by atoms with E-state index in [9.17, 15) is 13.2 Å². The van der Waals surface area contributed by atoms with Crippen molar-refractivity contribution in [2.75, 3.05) is 19.3 Å². The third kappa shape index (κ3) is 5.09. The van der Waals surface area contributed by atoms with Crippen molar-refractivity contribution in [3.8, 4) is 0 Å². The van der Waals surface area contributed by atoms with Gasteiger partial charge in [-0.15, -0.1) is 11.8 Å². The molecule has 5 nitrogen and oxygen atoms in total. The van der Waals surface area contributed by atoms with Gasteiger partial charge in [0.25, 0.3) is 0 Å². The van der Waals surface area contributed by atoms with Crippen molar-refractivity contribution in [3.63, 3.8) is 0 Å². The summed E-state index contributed by atoms with van der Waals surface area (Å²) in [6.45, 7) is 3.62. The van der Waals surface area contributed by atoms with Crippen molar-refractivity contribution in [2.45, 2.75) is 29.7 Å². The highest BCUT2D eigenvalue weighted by Gasteiger charge is 2.25. The lowest BCUT2D eigenvalue weighted by Gasteiger charge is -2.22. The first-order valence-corrected chi connectivity index (χ1v) is 11.0. The van der Waals surface area contributed by atoms with Crippen molar-refractivity contribution in [3.05, 3.63) is 60.2 Å². The predicted octanol–water partition coefficient (Wildman–Crippen LogP) is 3.30. The second-order valence-corrected chi connectivity index (χ2v) is 8.62. The molecule has 0 fully saturated rings. The SMILES string of the molecule is CCN(CC(=O)N[C@H](C)c1ccc(SC)cc1)S(=O)(=O)c1ccccc1. The summed E-state index contributed by atoms with van der Waals surface area (Å²) in [4.78, 5) is 13.7. The lowest BCUT2D eigenvalue weighted by atomic mass is 10.1. The number of carbonyl (C=O) groups excluding carboxylic acids is 1. The maximum absolute atomic E-state index is 12.7. The Labute approximate surface area is 159 Å². The van der Waals surface area contributed by atoms with Crippen LogP contribution in [0.4, 0.5) is 0 Å². The van der Waals surface area contributed by atoms with Gasteiger partial charge < -0.3 is 5.32 Å². The number of carbonyl (C=O) groups is 1. The van der Waals surface area contributed by atoms with Crippen LogP contribution in [0.5, 0.6) is 0 Å². The average Bonchev–Trinajstić information content (AvgIpc) is 2.66. The van der Waals surface area contributed by atoms with E-state index in [1.165, 1.54) is 16.4 Å². The van der Waals surface area contributed by atoms with Gasteiger partial charge in [0.05, 0.1) is 17.5 Å². The molecule has 140 valence electrons. The van der Waals surface area contributed by atoms with Gasteiger partial charge >= 0.3 is 0 Å².